The van der Waals surface area contributed by atoms with Crippen molar-refractivity contribution in [2.24, 2.45) is 5.73 Å². The number of benzene rings is 1. The Kier molecular flexibility index (Phi) is 2.63. The first-order chi connectivity index (χ1) is 7.40. The van der Waals surface area contributed by atoms with Gasteiger partial charge in [-0.05, 0) is 38.3 Å². The summed E-state index contributed by atoms with van der Waals surface area (Å²) in [7, 11) is 0. The Hall–Kier alpha value is -0.800. The molecule has 1 unspecified atom stereocenters. The summed E-state index contributed by atoms with van der Waals surface area (Å²) < 4.78 is 13.6. The summed E-state index contributed by atoms with van der Waals surface area (Å²) in [6.07, 6.45) is 1.75. The number of hydrogen-bond donors (Lipinski definition) is 2. The quantitative estimate of drug-likeness (QED) is 0.839. The van der Waals surface area contributed by atoms with Crippen LogP contribution in [0.5, 0.6) is 5.75 Å². The highest BCUT2D eigenvalue weighted by molar-refractivity contribution is 6.32. The molecule has 3 N–H and O–H groups in total. The van der Waals surface area contributed by atoms with Gasteiger partial charge in [0.15, 0.2) is 0 Å². The summed E-state index contributed by atoms with van der Waals surface area (Å²) in [5, 5.41) is 10.0. The normalized spacial score (nSPS) is 19.6. The predicted octanol–water partition coefficient (Wildman–Crippen LogP) is 2.87. The zero-order chi connectivity index (χ0) is 12.1. The smallest absolute Gasteiger partial charge is 0.138 e. The van der Waals surface area contributed by atoms with Crippen LogP contribution in [0.1, 0.15) is 30.9 Å². The summed E-state index contributed by atoms with van der Waals surface area (Å²) >= 11 is 5.80. The monoisotopic (exact) mass is 243 g/mol. The molecule has 0 radical (unpaired) electrons. The van der Waals surface area contributed by atoms with Gasteiger partial charge in [-0.15, -0.1) is 0 Å². The van der Waals surface area contributed by atoms with Gasteiger partial charge < -0.3 is 10.8 Å². The fourth-order valence-corrected chi connectivity index (χ4v) is 2.57. The van der Waals surface area contributed by atoms with Gasteiger partial charge in [-0.25, -0.2) is 4.39 Å². The Morgan fingerprint density at radius 1 is 1.56 bits per heavy atom. The minimum absolute atomic E-state index is 0.0182. The van der Waals surface area contributed by atoms with Crippen molar-refractivity contribution in [2.75, 3.05) is 0 Å². The number of hydrogen-bond acceptors (Lipinski definition) is 2. The third-order valence-electron chi connectivity index (χ3n) is 3.61. The molecule has 0 spiro atoms. The maximum atomic E-state index is 13.6. The van der Waals surface area contributed by atoms with Crippen LogP contribution in [-0.2, 0) is 5.41 Å². The number of phenolic OH excluding ortho intramolecular Hbond substituents is 1. The van der Waals surface area contributed by atoms with Crippen molar-refractivity contribution in [3.8, 4) is 5.75 Å². The summed E-state index contributed by atoms with van der Waals surface area (Å²) in [5.74, 6) is -0.403. The predicted molar refractivity (Wildman–Crippen MR) is 62.4 cm³/mol. The first-order valence-electron chi connectivity index (χ1n) is 5.34. The lowest BCUT2D eigenvalue weighted by Gasteiger charge is -2.24. The van der Waals surface area contributed by atoms with Crippen LogP contribution < -0.4 is 5.73 Å². The molecule has 0 aliphatic heterocycles. The largest absolute Gasteiger partial charge is 0.506 e. The summed E-state index contributed by atoms with van der Waals surface area (Å²) in [4.78, 5) is 0. The van der Waals surface area contributed by atoms with Crippen LogP contribution in [0.4, 0.5) is 4.39 Å². The van der Waals surface area contributed by atoms with Gasteiger partial charge in [0, 0.05) is 17.0 Å². The SMILES string of the molecule is Cc1c(F)cc(Cl)c(O)c1C1(C(C)N)CC1. The molecular formula is C12H15ClFNO. The average molecular weight is 244 g/mol. The van der Waals surface area contributed by atoms with E-state index in [4.69, 9.17) is 17.3 Å². The third-order valence-corrected chi connectivity index (χ3v) is 3.90. The third kappa shape index (κ3) is 1.50. The molecule has 0 aromatic heterocycles. The van der Waals surface area contributed by atoms with E-state index in [2.05, 4.69) is 0 Å². The van der Waals surface area contributed by atoms with E-state index < -0.39 is 0 Å². The maximum Gasteiger partial charge on any atom is 0.138 e. The molecule has 0 saturated heterocycles. The van der Waals surface area contributed by atoms with Gasteiger partial charge in [-0.3, -0.25) is 0 Å². The van der Waals surface area contributed by atoms with E-state index in [0.717, 1.165) is 18.9 Å². The number of halogens is 2. The lowest BCUT2D eigenvalue weighted by atomic mass is 9.85. The number of nitrogens with two attached hydrogens (primary N) is 1. The topological polar surface area (TPSA) is 46.2 Å². The van der Waals surface area contributed by atoms with Crippen LogP contribution in [0.2, 0.25) is 5.02 Å². The van der Waals surface area contributed by atoms with E-state index in [1.807, 2.05) is 6.92 Å². The first-order valence-corrected chi connectivity index (χ1v) is 5.71. The number of aromatic hydroxyl groups is 1. The number of rotatable bonds is 2. The molecule has 0 bridgehead atoms. The Bertz CT molecular complexity index is 415. The molecule has 2 nitrogen and oxygen atoms in total. The van der Waals surface area contributed by atoms with Crippen molar-refractivity contribution < 1.29 is 9.50 Å². The molecule has 1 aromatic rings. The van der Waals surface area contributed by atoms with Gasteiger partial charge >= 0.3 is 0 Å². The molecule has 0 amide bonds. The molecule has 1 fully saturated rings. The van der Waals surface area contributed by atoms with Gasteiger partial charge in [0.1, 0.15) is 11.6 Å². The van der Waals surface area contributed by atoms with Gasteiger partial charge in [0.25, 0.3) is 0 Å². The summed E-state index contributed by atoms with van der Waals surface area (Å²) in [5.41, 5.74) is 6.68. The van der Waals surface area contributed by atoms with Gasteiger partial charge in [0.2, 0.25) is 0 Å². The highest BCUT2D eigenvalue weighted by atomic mass is 35.5. The molecule has 1 aromatic carbocycles. The molecule has 1 atom stereocenters. The van der Waals surface area contributed by atoms with Crippen LogP contribution >= 0.6 is 11.6 Å². The lowest BCUT2D eigenvalue weighted by molar-refractivity contribution is 0.441. The van der Waals surface area contributed by atoms with Crippen LogP contribution in [0.3, 0.4) is 0 Å². The Morgan fingerprint density at radius 3 is 2.56 bits per heavy atom. The van der Waals surface area contributed by atoms with Crippen molar-refractivity contribution in [3.05, 3.63) is 28.0 Å². The fraction of sp³-hybridized carbons (Fsp3) is 0.500. The van der Waals surface area contributed by atoms with E-state index in [-0.39, 0.29) is 28.0 Å². The second-order valence-electron chi connectivity index (χ2n) is 4.63. The molecule has 16 heavy (non-hydrogen) atoms. The molecule has 0 heterocycles. The summed E-state index contributed by atoms with van der Waals surface area (Å²) in [6.45, 7) is 3.54. The van der Waals surface area contributed by atoms with Crippen LogP contribution in [0.25, 0.3) is 0 Å². The van der Waals surface area contributed by atoms with E-state index in [1.54, 1.807) is 6.92 Å². The average Bonchev–Trinajstić information content (AvgIpc) is 2.97. The highest BCUT2D eigenvalue weighted by Crippen LogP contribution is 2.55. The van der Waals surface area contributed by atoms with Gasteiger partial charge in [0.05, 0.1) is 5.02 Å². The van der Waals surface area contributed by atoms with Crippen molar-refractivity contribution >= 4 is 11.6 Å². The molecule has 1 aliphatic carbocycles. The van der Waals surface area contributed by atoms with E-state index in [9.17, 15) is 9.50 Å². The van der Waals surface area contributed by atoms with Crippen LogP contribution in [0.15, 0.2) is 6.07 Å². The second kappa shape index (κ2) is 3.60. The number of phenols is 1. The van der Waals surface area contributed by atoms with E-state index >= 15 is 0 Å². The molecule has 1 saturated carbocycles. The Balaban J connectivity index is 2.65. The van der Waals surface area contributed by atoms with Crippen molar-refractivity contribution in [1.82, 2.24) is 0 Å². The van der Waals surface area contributed by atoms with Crippen molar-refractivity contribution in [2.45, 2.75) is 38.1 Å². The van der Waals surface area contributed by atoms with Gasteiger partial charge in [-0.2, -0.15) is 0 Å². The minimum atomic E-state index is -0.385. The first kappa shape index (κ1) is 11.7. The minimum Gasteiger partial charge on any atom is -0.506 e. The maximum absolute atomic E-state index is 13.6. The van der Waals surface area contributed by atoms with E-state index in [1.165, 1.54) is 0 Å². The molecule has 2 rings (SSSR count). The summed E-state index contributed by atoms with van der Waals surface area (Å²) in [6, 6.07) is 1.03. The molecule has 4 heteroatoms. The Labute approximate surface area is 99.2 Å². The van der Waals surface area contributed by atoms with E-state index in [0.29, 0.717) is 11.1 Å². The standard InChI is InChI=1S/C12H15ClFNO/c1-6-9(14)5-8(13)11(16)10(6)12(3-4-12)7(2)15/h5,7,16H,3-4,15H2,1-2H3. The van der Waals surface area contributed by atoms with Crippen LogP contribution in [-0.4, -0.2) is 11.1 Å². The zero-order valence-corrected chi connectivity index (χ0v) is 10.1. The fourth-order valence-electron chi connectivity index (χ4n) is 2.38. The van der Waals surface area contributed by atoms with Gasteiger partial charge in [-0.1, -0.05) is 11.6 Å². The molecule has 88 valence electrons. The van der Waals surface area contributed by atoms with Crippen molar-refractivity contribution in [1.29, 1.82) is 0 Å². The van der Waals surface area contributed by atoms with Crippen molar-refractivity contribution in [3.63, 3.8) is 0 Å². The zero-order valence-electron chi connectivity index (χ0n) is 9.35. The van der Waals surface area contributed by atoms with Crippen LogP contribution in [0, 0.1) is 12.7 Å². The second-order valence-corrected chi connectivity index (χ2v) is 5.04. The highest BCUT2D eigenvalue weighted by Gasteiger charge is 2.50. The molecular weight excluding hydrogens is 229 g/mol. The Morgan fingerprint density at radius 2 is 2.12 bits per heavy atom. The lowest BCUT2D eigenvalue weighted by Crippen LogP contribution is -2.32. The molecule has 1 aliphatic rings.